The molecule has 9 nitrogen and oxygen atoms in total. The lowest BCUT2D eigenvalue weighted by molar-refractivity contribution is -0.139. The molecule has 2 aromatic rings. The normalized spacial score (nSPS) is 15.8. The van der Waals surface area contributed by atoms with Crippen molar-refractivity contribution >= 4 is 33.9 Å². The maximum atomic E-state index is 12.7. The number of rotatable bonds is 7. The van der Waals surface area contributed by atoms with Crippen LogP contribution in [0.4, 0.5) is 4.79 Å². The summed E-state index contributed by atoms with van der Waals surface area (Å²) < 4.78 is 21.1. The van der Waals surface area contributed by atoms with Crippen molar-refractivity contribution in [1.29, 1.82) is 0 Å². The van der Waals surface area contributed by atoms with Crippen molar-refractivity contribution in [1.82, 2.24) is 10.6 Å². The van der Waals surface area contributed by atoms with Gasteiger partial charge in [-0.1, -0.05) is 12.1 Å². The number of furan rings is 1. The first-order chi connectivity index (χ1) is 14.4. The number of nitrogens with one attached hydrogen (secondary N) is 2. The van der Waals surface area contributed by atoms with E-state index in [9.17, 15) is 14.4 Å². The first-order valence-electron chi connectivity index (χ1n) is 8.97. The second-order valence-electron chi connectivity index (χ2n) is 6.10. The van der Waals surface area contributed by atoms with E-state index in [0.29, 0.717) is 16.0 Å². The van der Waals surface area contributed by atoms with Crippen LogP contribution >= 0.6 is 15.9 Å². The first kappa shape index (κ1) is 21.4. The minimum atomic E-state index is -0.796. The van der Waals surface area contributed by atoms with Gasteiger partial charge in [-0.25, -0.2) is 14.4 Å². The Kier molecular flexibility index (Phi) is 6.78. The summed E-state index contributed by atoms with van der Waals surface area (Å²) in [4.78, 5) is 37.1. The smallest absolute Gasteiger partial charge is 0.374 e. The van der Waals surface area contributed by atoms with Crippen molar-refractivity contribution in [2.75, 3.05) is 20.3 Å². The van der Waals surface area contributed by atoms with Gasteiger partial charge in [0.05, 0.1) is 31.0 Å². The number of benzene rings is 1. The number of methoxy groups -OCH3 is 1. The highest BCUT2D eigenvalue weighted by Crippen LogP contribution is 2.29. The third-order valence-electron chi connectivity index (χ3n) is 4.22. The van der Waals surface area contributed by atoms with Crippen molar-refractivity contribution in [2.45, 2.75) is 13.0 Å². The van der Waals surface area contributed by atoms with Crippen LogP contribution < -0.4 is 15.4 Å². The van der Waals surface area contributed by atoms with Crippen LogP contribution in [0.3, 0.4) is 0 Å². The Morgan fingerprint density at radius 1 is 1.10 bits per heavy atom. The van der Waals surface area contributed by atoms with E-state index in [1.165, 1.54) is 13.2 Å². The lowest BCUT2D eigenvalue weighted by Gasteiger charge is -2.29. The van der Waals surface area contributed by atoms with Crippen LogP contribution in [0.15, 0.2) is 56.8 Å². The lowest BCUT2D eigenvalue weighted by atomic mass is 9.95. The topological polar surface area (TPSA) is 116 Å². The van der Waals surface area contributed by atoms with Crippen LogP contribution in [0.1, 0.15) is 29.1 Å². The van der Waals surface area contributed by atoms with Gasteiger partial charge in [-0.2, -0.15) is 0 Å². The van der Waals surface area contributed by atoms with E-state index < -0.39 is 24.0 Å². The van der Waals surface area contributed by atoms with Crippen molar-refractivity contribution in [2.24, 2.45) is 0 Å². The van der Waals surface area contributed by atoms with Crippen LogP contribution in [0.25, 0.3) is 0 Å². The van der Waals surface area contributed by atoms with E-state index in [-0.39, 0.29) is 30.2 Å². The second-order valence-corrected chi connectivity index (χ2v) is 6.88. The number of esters is 2. The van der Waals surface area contributed by atoms with Gasteiger partial charge < -0.3 is 29.3 Å². The van der Waals surface area contributed by atoms with Gasteiger partial charge in [0.25, 0.3) is 0 Å². The number of carbonyl (C=O) groups excluding carboxylic acids is 3. The summed E-state index contributed by atoms with van der Waals surface area (Å²) in [6, 6.07) is 8.50. The molecule has 0 aliphatic carbocycles. The lowest BCUT2D eigenvalue weighted by Crippen LogP contribution is -2.47. The molecule has 3 rings (SSSR count). The monoisotopic (exact) mass is 478 g/mol. The standard InChI is InChI=1S/C20H19BrN2O7/c1-3-28-19(25)16-13(10-29-18(24)14-8-9-15(21)30-14)22-20(26)23-17(16)11-4-6-12(27-2)7-5-11/h4-9,17H,3,10H2,1-2H3,(H2,22,23,26). The molecule has 1 atom stereocenters. The zero-order valence-electron chi connectivity index (χ0n) is 16.2. The Balaban J connectivity index is 1.91. The zero-order chi connectivity index (χ0) is 21.7. The van der Waals surface area contributed by atoms with E-state index in [1.807, 2.05) is 0 Å². The maximum Gasteiger partial charge on any atom is 0.374 e. The number of amides is 2. The summed E-state index contributed by atoms with van der Waals surface area (Å²) in [5.41, 5.74) is 0.888. The maximum absolute atomic E-state index is 12.7. The van der Waals surface area contributed by atoms with Gasteiger partial charge in [0, 0.05) is 0 Å². The van der Waals surface area contributed by atoms with E-state index in [2.05, 4.69) is 26.6 Å². The molecule has 1 aromatic heterocycles. The van der Waals surface area contributed by atoms with Gasteiger partial charge in [0.1, 0.15) is 12.4 Å². The van der Waals surface area contributed by atoms with Gasteiger partial charge in [-0.15, -0.1) is 0 Å². The molecular weight excluding hydrogens is 460 g/mol. The summed E-state index contributed by atoms with van der Waals surface area (Å²) >= 11 is 3.11. The van der Waals surface area contributed by atoms with Gasteiger partial charge in [-0.05, 0) is 52.7 Å². The fraction of sp³-hybridized carbons (Fsp3) is 0.250. The third-order valence-corrected chi connectivity index (χ3v) is 4.65. The second kappa shape index (κ2) is 9.49. The van der Waals surface area contributed by atoms with Crippen LogP contribution in [-0.4, -0.2) is 38.3 Å². The zero-order valence-corrected chi connectivity index (χ0v) is 17.8. The van der Waals surface area contributed by atoms with Gasteiger partial charge in [-0.3, -0.25) is 0 Å². The molecule has 0 saturated carbocycles. The minimum absolute atomic E-state index is 0.0212. The Hall–Kier alpha value is -3.27. The molecule has 158 valence electrons. The molecular formula is C20H19BrN2O7. The highest BCUT2D eigenvalue weighted by molar-refractivity contribution is 9.10. The van der Waals surface area contributed by atoms with Crippen LogP contribution in [-0.2, 0) is 14.3 Å². The Morgan fingerprint density at radius 2 is 1.83 bits per heavy atom. The third kappa shape index (κ3) is 4.82. The van der Waals surface area contributed by atoms with E-state index in [0.717, 1.165) is 0 Å². The average Bonchev–Trinajstić information content (AvgIpc) is 3.18. The molecule has 2 N–H and O–H groups in total. The van der Waals surface area contributed by atoms with Crippen molar-refractivity contribution in [3.63, 3.8) is 0 Å². The summed E-state index contributed by atoms with van der Waals surface area (Å²) in [6.07, 6.45) is 0. The fourth-order valence-corrected chi connectivity index (χ4v) is 3.17. The Bertz CT molecular complexity index is 981. The highest BCUT2D eigenvalue weighted by Gasteiger charge is 2.34. The molecule has 0 bridgehead atoms. The Labute approximate surface area is 180 Å². The summed E-state index contributed by atoms with van der Waals surface area (Å²) in [5, 5.41) is 5.22. The average molecular weight is 479 g/mol. The number of urea groups is 1. The van der Waals surface area contributed by atoms with Crippen LogP contribution in [0, 0.1) is 0 Å². The number of ether oxygens (including phenoxy) is 3. The Morgan fingerprint density at radius 3 is 2.43 bits per heavy atom. The van der Waals surface area contributed by atoms with Crippen molar-refractivity contribution < 1.29 is 33.0 Å². The molecule has 2 heterocycles. The number of hydrogen-bond donors (Lipinski definition) is 2. The minimum Gasteiger partial charge on any atom is -0.497 e. The van der Waals surface area contributed by atoms with Crippen LogP contribution in [0.2, 0.25) is 0 Å². The van der Waals surface area contributed by atoms with Gasteiger partial charge in [0.2, 0.25) is 5.76 Å². The van der Waals surface area contributed by atoms with Gasteiger partial charge >= 0.3 is 18.0 Å². The summed E-state index contributed by atoms with van der Waals surface area (Å²) in [6.45, 7) is 1.45. The molecule has 2 amide bonds. The highest BCUT2D eigenvalue weighted by atomic mass is 79.9. The molecule has 0 saturated heterocycles. The quantitative estimate of drug-likeness (QED) is 0.587. The summed E-state index contributed by atoms with van der Waals surface area (Å²) in [5.74, 6) is -0.783. The van der Waals surface area contributed by atoms with Crippen LogP contribution in [0.5, 0.6) is 5.75 Å². The molecule has 0 radical (unpaired) electrons. The molecule has 1 aliphatic heterocycles. The molecule has 30 heavy (non-hydrogen) atoms. The van der Waals surface area contributed by atoms with Gasteiger partial charge in [0.15, 0.2) is 4.67 Å². The van der Waals surface area contributed by atoms with Crippen molar-refractivity contribution in [3.05, 3.63) is 63.7 Å². The predicted molar refractivity (Wildman–Crippen MR) is 108 cm³/mol. The number of carbonyl (C=O) groups is 3. The SMILES string of the molecule is CCOC(=O)C1=C(COC(=O)c2ccc(Br)o2)NC(=O)NC1c1ccc(OC)cc1. The van der Waals surface area contributed by atoms with E-state index in [4.69, 9.17) is 18.6 Å². The summed E-state index contributed by atoms with van der Waals surface area (Å²) in [7, 11) is 1.54. The molecule has 1 aromatic carbocycles. The largest absolute Gasteiger partial charge is 0.497 e. The fourth-order valence-electron chi connectivity index (χ4n) is 2.86. The van der Waals surface area contributed by atoms with E-state index >= 15 is 0 Å². The molecule has 1 aliphatic rings. The molecule has 0 spiro atoms. The number of hydrogen-bond acceptors (Lipinski definition) is 7. The molecule has 1 unspecified atom stereocenters. The van der Waals surface area contributed by atoms with E-state index in [1.54, 1.807) is 37.3 Å². The molecule has 10 heteroatoms. The number of halogens is 1. The predicted octanol–water partition coefficient (Wildman–Crippen LogP) is 3.08. The first-order valence-corrected chi connectivity index (χ1v) is 9.76. The molecule has 0 fully saturated rings. The van der Waals surface area contributed by atoms with Crippen molar-refractivity contribution in [3.8, 4) is 5.75 Å².